The molecule has 0 radical (unpaired) electrons. The molecule has 5 aliphatic rings. The summed E-state index contributed by atoms with van der Waals surface area (Å²) in [5.41, 5.74) is 0. The third-order valence-electron chi connectivity index (χ3n) is 10.7. The van der Waals surface area contributed by atoms with Crippen LogP contribution >= 0.6 is 0 Å². The zero-order chi connectivity index (χ0) is 43.6. The SMILES string of the molecule is CC(=O)N[C@@H]1[C@H](O)[C@@H](O[C@@H]2O[C@@H]([C@H](O)CO)[C@H](O)[C@H]2O)[C@H](CO[C@@H]2O[C@H](CO)[C@H](O)[C@H](O[C@H]3O[C@@H](CO)[C@@H](O)[C@@H](O)[C@@H]3O)[C@H]2O[C@@H]2O[C@H](CO)[C@H](O)[C@H](O)[C@H]2O)O[C@H]1O. The van der Waals surface area contributed by atoms with Crippen molar-refractivity contribution in [1.29, 1.82) is 0 Å². The average Bonchev–Trinajstić information content (AvgIpc) is 3.49. The Morgan fingerprint density at radius 3 is 1.49 bits per heavy atom. The van der Waals surface area contributed by atoms with E-state index < -0.39 is 192 Å². The standard InChI is InChI=1S/C32H55NO26/c1-7(38)33-13-17(43)25(57-31-23(49)20(46)24(56-31)8(39)2-34)12(52-28(13)50)6-51-32-27(59-30-22(48)19(45)15(41)10(4-36)54-30)26(16(42)11(5-37)55-32)58-29-21(47)18(44)14(40)9(3-35)53-29/h8-32,34-37,39-50H,2-6H2,1H3,(H,33,38)/t8-,9+,10-,11-,12+,13-,14-,15+,16+,17+,18-,19+,20-,21+,22-,23-,24+,25+,26+,27-,28-,29-,30+,31+,32-/m1/s1. The molecular weight excluding hydrogens is 814 g/mol. The minimum absolute atomic E-state index is 0.744. The smallest absolute Gasteiger partial charge is 0.217 e. The van der Waals surface area contributed by atoms with E-state index in [-0.39, 0.29) is 0 Å². The molecule has 5 rings (SSSR count). The molecule has 5 aliphatic heterocycles. The molecule has 1 amide bonds. The van der Waals surface area contributed by atoms with Crippen LogP contribution in [0.25, 0.3) is 0 Å². The molecule has 0 unspecified atom stereocenters. The lowest BCUT2D eigenvalue weighted by molar-refractivity contribution is -0.395. The van der Waals surface area contributed by atoms with Gasteiger partial charge in [-0.3, -0.25) is 4.79 Å². The summed E-state index contributed by atoms with van der Waals surface area (Å²) in [5, 5.41) is 169. The Bertz CT molecular complexity index is 1320. The molecule has 0 spiro atoms. The van der Waals surface area contributed by atoms with E-state index in [1.165, 1.54) is 0 Å². The molecule has 0 aromatic heterocycles. The quantitative estimate of drug-likeness (QED) is 0.0726. The largest absolute Gasteiger partial charge is 0.394 e. The number of amides is 1. The van der Waals surface area contributed by atoms with E-state index in [0.717, 1.165) is 6.92 Å². The van der Waals surface area contributed by atoms with Crippen molar-refractivity contribution in [2.24, 2.45) is 0 Å². The van der Waals surface area contributed by atoms with Gasteiger partial charge in [-0.2, -0.15) is 0 Å². The van der Waals surface area contributed by atoms with E-state index in [1.54, 1.807) is 0 Å². The van der Waals surface area contributed by atoms with Crippen LogP contribution < -0.4 is 5.32 Å². The molecule has 5 heterocycles. The van der Waals surface area contributed by atoms with Crippen molar-refractivity contribution >= 4 is 5.91 Å². The van der Waals surface area contributed by atoms with Gasteiger partial charge in [-0.1, -0.05) is 0 Å². The first-order valence-corrected chi connectivity index (χ1v) is 18.6. The lowest BCUT2D eigenvalue weighted by Gasteiger charge is -2.49. The number of aliphatic hydroxyl groups excluding tert-OH is 16. The lowest BCUT2D eigenvalue weighted by Crippen LogP contribution is -2.68. The zero-order valence-electron chi connectivity index (χ0n) is 31.2. The highest BCUT2D eigenvalue weighted by Crippen LogP contribution is 2.36. The summed E-state index contributed by atoms with van der Waals surface area (Å²) in [6.07, 6.45) is -44.7. The van der Waals surface area contributed by atoms with Gasteiger partial charge in [-0.15, -0.1) is 0 Å². The second-order valence-electron chi connectivity index (χ2n) is 14.7. The molecule has 0 saturated carbocycles. The molecule has 27 heteroatoms. The second-order valence-corrected chi connectivity index (χ2v) is 14.7. The highest BCUT2D eigenvalue weighted by molar-refractivity contribution is 5.73. The topological polar surface area (TPSA) is 436 Å². The van der Waals surface area contributed by atoms with Crippen molar-refractivity contribution in [2.75, 3.05) is 33.0 Å². The first-order valence-electron chi connectivity index (χ1n) is 18.6. The van der Waals surface area contributed by atoms with Crippen LogP contribution in [0, 0.1) is 0 Å². The Morgan fingerprint density at radius 2 is 0.983 bits per heavy atom. The van der Waals surface area contributed by atoms with Gasteiger partial charge in [0, 0.05) is 6.92 Å². The predicted octanol–water partition coefficient (Wildman–Crippen LogP) is -11.8. The van der Waals surface area contributed by atoms with Gasteiger partial charge in [0.05, 0.1) is 33.0 Å². The molecule has 5 fully saturated rings. The van der Waals surface area contributed by atoms with Crippen molar-refractivity contribution in [3.63, 3.8) is 0 Å². The Balaban J connectivity index is 1.46. The van der Waals surface area contributed by atoms with Crippen molar-refractivity contribution in [2.45, 2.75) is 160 Å². The molecule has 0 bridgehead atoms. The average molecular weight is 870 g/mol. The van der Waals surface area contributed by atoms with Crippen LogP contribution in [0.15, 0.2) is 0 Å². The number of aliphatic hydroxyl groups is 16. The van der Waals surface area contributed by atoms with E-state index in [4.69, 9.17) is 42.6 Å². The van der Waals surface area contributed by atoms with E-state index in [1.807, 2.05) is 0 Å². The molecule has 344 valence electrons. The normalized spacial score (nSPS) is 50.1. The van der Waals surface area contributed by atoms with Crippen LogP contribution in [-0.4, -0.2) is 274 Å². The third-order valence-corrected chi connectivity index (χ3v) is 10.7. The predicted molar refractivity (Wildman–Crippen MR) is 178 cm³/mol. The summed E-state index contributed by atoms with van der Waals surface area (Å²) in [5.74, 6) is -0.744. The Labute approximate surface area is 333 Å². The molecule has 5 saturated heterocycles. The van der Waals surface area contributed by atoms with Crippen LogP contribution in [0.3, 0.4) is 0 Å². The molecular formula is C32H55NO26. The molecule has 25 atom stereocenters. The first kappa shape index (κ1) is 48.5. The number of carbonyl (C=O) groups is 1. The third kappa shape index (κ3) is 10.3. The molecule has 17 N–H and O–H groups in total. The van der Waals surface area contributed by atoms with Gasteiger partial charge in [-0.25, -0.2) is 0 Å². The van der Waals surface area contributed by atoms with Crippen LogP contribution in [0.4, 0.5) is 0 Å². The van der Waals surface area contributed by atoms with Gasteiger partial charge < -0.3 is 130 Å². The van der Waals surface area contributed by atoms with Crippen LogP contribution in [0.1, 0.15) is 6.92 Å². The highest BCUT2D eigenvalue weighted by Gasteiger charge is 2.56. The number of ether oxygens (including phenoxy) is 9. The van der Waals surface area contributed by atoms with E-state index in [2.05, 4.69) is 5.32 Å². The number of rotatable bonds is 15. The van der Waals surface area contributed by atoms with Gasteiger partial charge in [-0.05, 0) is 0 Å². The van der Waals surface area contributed by atoms with Crippen molar-refractivity contribution in [3.8, 4) is 0 Å². The van der Waals surface area contributed by atoms with Gasteiger partial charge >= 0.3 is 0 Å². The van der Waals surface area contributed by atoms with Gasteiger partial charge in [0.15, 0.2) is 31.5 Å². The molecule has 0 aliphatic carbocycles. The molecule has 27 nitrogen and oxygen atoms in total. The van der Waals surface area contributed by atoms with Crippen molar-refractivity contribution < 1.29 is 129 Å². The zero-order valence-corrected chi connectivity index (χ0v) is 31.2. The first-order chi connectivity index (χ1) is 27.9. The summed E-state index contributed by atoms with van der Waals surface area (Å²) in [4.78, 5) is 11.9. The Hall–Kier alpha value is -1.53. The van der Waals surface area contributed by atoms with Gasteiger partial charge in [0.2, 0.25) is 5.91 Å². The Morgan fingerprint density at radius 1 is 0.525 bits per heavy atom. The van der Waals surface area contributed by atoms with Gasteiger partial charge in [0.25, 0.3) is 0 Å². The minimum atomic E-state index is -2.09. The Kier molecular flexibility index (Phi) is 17.1. The van der Waals surface area contributed by atoms with Crippen LogP contribution in [0.5, 0.6) is 0 Å². The van der Waals surface area contributed by atoms with Crippen LogP contribution in [-0.2, 0) is 47.4 Å². The van der Waals surface area contributed by atoms with Crippen molar-refractivity contribution in [3.05, 3.63) is 0 Å². The fraction of sp³-hybridized carbons (Fsp3) is 0.969. The molecule has 59 heavy (non-hydrogen) atoms. The number of hydrogen-bond donors (Lipinski definition) is 17. The summed E-state index contributed by atoms with van der Waals surface area (Å²) in [7, 11) is 0. The maximum atomic E-state index is 11.9. The summed E-state index contributed by atoms with van der Waals surface area (Å²) in [6.45, 7) is -3.51. The monoisotopic (exact) mass is 869 g/mol. The maximum Gasteiger partial charge on any atom is 0.217 e. The van der Waals surface area contributed by atoms with Gasteiger partial charge in [0.1, 0.15) is 122 Å². The van der Waals surface area contributed by atoms with Crippen LogP contribution in [0.2, 0.25) is 0 Å². The summed E-state index contributed by atoms with van der Waals surface area (Å²) < 4.78 is 51.1. The van der Waals surface area contributed by atoms with E-state index >= 15 is 0 Å². The van der Waals surface area contributed by atoms with E-state index in [9.17, 15) is 86.5 Å². The molecule has 0 aromatic carbocycles. The summed E-state index contributed by atoms with van der Waals surface area (Å²) in [6, 6.07) is -1.60. The second kappa shape index (κ2) is 20.8. The molecule has 0 aromatic rings. The number of carbonyl (C=O) groups excluding carboxylic acids is 1. The number of nitrogens with one attached hydrogen (secondary N) is 1. The fourth-order valence-corrected chi connectivity index (χ4v) is 7.32. The summed E-state index contributed by atoms with van der Waals surface area (Å²) >= 11 is 0. The fourth-order valence-electron chi connectivity index (χ4n) is 7.32. The number of hydrogen-bond acceptors (Lipinski definition) is 26. The maximum absolute atomic E-state index is 11.9. The lowest BCUT2D eigenvalue weighted by atomic mass is 9.95. The van der Waals surface area contributed by atoms with Crippen molar-refractivity contribution in [1.82, 2.24) is 5.32 Å². The van der Waals surface area contributed by atoms with E-state index in [0.29, 0.717) is 0 Å². The highest BCUT2D eigenvalue weighted by atomic mass is 16.8. The minimum Gasteiger partial charge on any atom is -0.394 e.